The summed E-state index contributed by atoms with van der Waals surface area (Å²) in [6.07, 6.45) is 3.19. The van der Waals surface area contributed by atoms with Crippen LogP contribution < -0.4 is 10.1 Å². The normalized spacial score (nSPS) is 15.4. The number of benzene rings is 1. The molecule has 1 amide bonds. The first kappa shape index (κ1) is 17.1. The zero-order valence-corrected chi connectivity index (χ0v) is 15.1. The first-order valence-electron chi connectivity index (χ1n) is 8.32. The van der Waals surface area contributed by atoms with Crippen LogP contribution in [0.3, 0.4) is 0 Å². The molecule has 4 rings (SSSR count). The van der Waals surface area contributed by atoms with Gasteiger partial charge in [-0.1, -0.05) is 18.2 Å². The highest BCUT2D eigenvalue weighted by Gasteiger charge is 2.31. The average Bonchev–Trinajstić information content (AvgIpc) is 3.40. The number of carbonyl (C=O) groups excluding carboxylic acids is 1. The van der Waals surface area contributed by atoms with E-state index in [0.717, 1.165) is 5.75 Å². The molecule has 27 heavy (non-hydrogen) atoms. The minimum atomic E-state index is -0.227. The summed E-state index contributed by atoms with van der Waals surface area (Å²) in [7, 11) is 0. The summed E-state index contributed by atoms with van der Waals surface area (Å²) in [6, 6.07) is 16.6. The molecule has 2 aromatic heterocycles. The molecule has 0 atom stereocenters. The van der Waals surface area contributed by atoms with Crippen molar-refractivity contribution in [3.05, 3.63) is 83.8 Å². The van der Waals surface area contributed by atoms with Crippen LogP contribution in [-0.4, -0.2) is 15.9 Å². The number of nitrogens with zero attached hydrogens (tertiary/aromatic N) is 1. The summed E-state index contributed by atoms with van der Waals surface area (Å²) in [5.74, 6) is 2.40. The molecule has 3 aromatic rings. The Kier molecular flexibility index (Phi) is 4.76. The summed E-state index contributed by atoms with van der Waals surface area (Å²) in [5, 5.41) is 3.25. The Hall–Kier alpha value is -3.32. The third-order valence-corrected chi connectivity index (χ3v) is 4.27. The lowest BCUT2D eigenvalue weighted by Crippen LogP contribution is -2.29. The third kappa shape index (κ3) is 3.93. The highest BCUT2D eigenvalue weighted by molar-refractivity contribution is 7.80. The van der Waals surface area contributed by atoms with Crippen LogP contribution in [0, 0.1) is 0 Å². The van der Waals surface area contributed by atoms with Crippen molar-refractivity contribution in [3.8, 4) is 5.75 Å². The SMILES string of the molecule is O=C1/C(=C\c2ccc(COc3ccccc3)o2)NC(=S)N1Cc1ccco1. The van der Waals surface area contributed by atoms with Crippen LogP contribution in [0.15, 0.2) is 75.4 Å². The first-order valence-corrected chi connectivity index (χ1v) is 8.73. The second kappa shape index (κ2) is 7.51. The summed E-state index contributed by atoms with van der Waals surface area (Å²) < 4.78 is 16.7. The Morgan fingerprint density at radius 2 is 1.93 bits per heavy atom. The highest BCUT2D eigenvalue weighted by atomic mass is 32.1. The lowest BCUT2D eigenvalue weighted by atomic mass is 10.3. The smallest absolute Gasteiger partial charge is 0.277 e. The second-order valence-electron chi connectivity index (χ2n) is 5.86. The fourth-order valence-electron chi connectivity index (χ4n) is 2.64. The maximum absolute atomic E-state index is 12.6. The molecule has 1 saturated heterocycles. The van der Waals surface area contributed by atoms with Gasteiger partial charge < -0.3 is 18.9 Å². The Bertz CT molecular complexity index is 977. The van der Waals surface area contributed by atoms with E-state index in [1.54, 1.807) is 30.5 Å². The lowest BCUT2D eigenvalue weighted by molar-refractivity contribution is -0.122. The summed E-state index contributed by atoms with van der Waals surface area (Å²) in [5.41, 5.74) is 0.358. The predicted molar refractivity (Wildman–Crippen MR) is 102 cm³/mol. The van der Waals surface area contributed by atoms with E-state index in [1.807, 2.05) is 36.4 Å². The number of para-hydroxylation sites is 1. The monoisotopic (exact) mass is 380 g/mol. The van der Waals surface area contributed by atoms with Gasteiger partial charge in [-0.05, 0) is 48.6 Å². The quantitative estimate of drug-likeness (QED) is 0.519. The summed E-state index contributed by atoms with van der Waals surface area (Å²) in [6.45, 7) is 0.584. The lowest BCUT2D eigenvalue weighted by Gasteiger charge is -2.11. The van der Waals surface area contributed by atoms with Crippen molar-refractivity contribution < 1.29 is 18.4 Å². The summed E-state index contributed by atoms with van der Waals surface area (Å²) >= 11 is 5.25. The number of furan rings is 2. The van der Waals surface area contributed by atoms with Crippen LogP contribution in [0.25, 0.3) is 6.08 Å². The second-order valence-corrected chi connectivity index (χ2v) is 6.25. The van der Waals surface area contributed by atoms with E-state index in [1.165, 1.54) is 4.90 Å². The van der Waals surface area contributed by atoms with Crippen molar-refractivity contribution in [2.75, 3.05) is 0 Å². The van der Waals surface area contributed by atoms with Gasteiger partial charge in [0.15, 0.2) is 5.11 Å². The Morgan fingerprint density at radius 1 is 1.07 bits per heavy atom. The Labute approximate surface area is 161 Å². The van der Waals surface area contributed by atoms with Crippen molar-refractivity contribution in [1.29, 1.82) is 0 Å². The van der Waals surface area contributed by atoms with Gasteiger partial charge >= 0.3 is 0 Å². The van der Waals surface area contributed by atoms with E-state index in [0.29, 0.717) is 34.7 Å². The van der Waals surface area contributed by atoms with E-state index < -0.39 is 0 Å². The predicted octanol–water partition coefficient (Wildman–Crippen LogP) is 3.71. The van der Waals surface area contributed by atoms with E-state index >= 15 is 0 Å². The van der Waals surface area contributed by atoms with Crippen molar-refractivity contribution >= 4 is 29.3 Å². The van der Waals surface area contributed by atoms with Gasteiger partial charge in [0, 0.05) is 6.08 Å². The number of nitrogens with one attached hydrogen (secondary N) is 1. The van der Waals surface area contributed by atoms with E-state index in [-0.39, 0.29) is 12.5 Å². The molecule has 7 heteroatoms. The Balaban J connectivity index is 1.42. The van der Waals surface area contributed by atoms with Gasteiger partial charge in [0.1, 0.15) is 35.3 Å². The van der Waals surface area contributed by atoms with Crippen LogP contribution in [0.5, 0.6) is 5.75 Å². The van der Waals surface area contributed by atoms with E-state index in [2.05, 4.69) is 5.32 Å². The molecule has 0 saturated carbocycles. The van der Waals surface area contributed by atoms with Crippen molar-refractivity contribution in [3.63, 3.8) is 0 Å². The molecule has 0 bridgehead atoms. The minimum Gasteiger partial charge on any atom is -0.486 e. The zero-order chi connectivity index (χ0) is 18.6. The van der Waals surface area contributed by atoms with Crippen molar-refractivity contribution in [2.24, 2.45) is 0 Å². The molecule has 3 heterocycles. The maximum Gasteiger partial charge on any atom is 0.277 e. The number of hydrogen-bond donors (Lipinski definition) is 1. The molecule has 0 radical (unpaired) electrons. The molecule has 1 aliphatic heterocycles. The van der Waals surface area contributed by atoms with E-state index in [9.17, 15) is 4.79 Å². The van der Waals surface area contributed by atoms with Crippen molar-refractivity contribution in [1.82, 2.24) is 10.2 Å². The highest BCUT2D eigenvalue weighted by Crippen LogP contribution is 2.19. The fraction of sp³-hybridized carbons (Fsp3) is 0.100. The molecule has 0 aliphatic carbocycles. The van der Waals surface area contributed by atoms with Gasteiger partial charge in [0.2, 0.25) is 0 Å². The van der Waals surface area contributed by atoms with E-state index in [4.69, 9.17) is 25.8 Å². The number of thiocarbonyl (C=S) groups is 1. The third-order valence-electron chi connectivity index (χ3n) is 3.95. The number of carbonyl (C=O) groups is 1. The fourth-order valence-corrected chi connectivity index (χ4v) is 2.89. The molecule has 136 valence electrons. The van der Waals surface area contributed by atoms with Gasteiger partial charge in [-0.25, -0.2) is 0 Å². The molecule has 1 aliphatic rings. The number of hydrogen-bond acceptors (Lipinski definition) is 5. The summed E-state index contributed by atoms with van der Waals surface area (Å²) in [4.78, 5) is 14.0. The molecule has 0 unspecified atom stereocenters. The molecule has 1 aromatic carbocycles. The van der Waals surface area contributed by atoms with Crippen LogP contribution in [-0.2, 0) is 17.9 Å². The molecule has 6 nitrogen and oxygen atoms in total. The van der Waals surface area contributed by atoms with Crippen LogP contribution in [0.1, 0.15) is 17.3 Å². The minimum absolute atomic E-state index is 0.227. The van der Waals surface area contributed by atoms with Crippen LogP contribution >= 0.6 is 12.2 Å². The largest absolute Gasteiger partial charge is 0.486 e. The van der Waals surface area contributed by atoms with Gasteiger partial charge in [-0.2, -0.15) is 0 Å². The topological polar surface area (TPSA) is 67.8 Å². The number of amides is 1. The molecule has 1 fully saturated rings. The molecular formula is C20H16N2O4S. The zero-order valence-electron chi connectivity index (χ0n) is 14.3. The van der Waals surface area contributed by atoms with Crippen LogP contribution in [0.2, 0.25) is 0 Å². The van der Waals surface area contributed by atoms with Gasteiger partial charge in [0.25, 0.3) is 5.91 Å². The molecule has 0 spiro atoms. The van der Waals surface area contributed by atoms with Gasteiger partial charge in [0.05, 0.1) is 12.8 Å². The number of rotatable bonds is 6. The Morgan fingerprint density at radius 3 is 2.70 bits per heavy atom. The number of ether oxygens (including phenoxy) is 1. The van der Waals surface area contributed by atoms with Gasteiger partial charge in [-0.15, -0.1) is 0 Å². The standard InChI is InChI=1S/C20H16N2O4S/c23-19-18(21-20(27)22(19)12-16-7-4-10-24-16)11-15-8-9-17(26-15)13-25-14-5-2-1-3-6-14/h1-11H,12-13H2,(H,21,27)/b18-11+. The average molecular weight is 380 g/mol. The first-order chi connectivity index (χ1) is 13.2. The van der Waals surface area contributed by atoms with Gasteiger partial charge in [-0.3, -0.25) is 9.69 Å². The van der Waals surface area contributed by atoms with Crippen molar-refractivity contribution in [2.45, 2.75) is 13.2 Å². The maximum atomic E-state index is 12.6. The van der Waals surface area contributed by atoms with Crippen LogP contribution in [0.4, 0.5) is 0 Å². The molecular weight excluding hydrogens is 364 g/mol. The molecule has 1 N–H and O–H groups in total.